The molecule has 0 aliphatic rings. The SMILES string of the molecule is C=CCc1cc(CCCCCCCCC)ccc1OCCC(C)(C)C. The van der Waals surface area contributed by atoms with Crippen LogP contribution in [0.2, 0.25) is 0 Å². The summed E-state index contributed by atoms with van der Waals surface area (Å²) < 4.78 is 6.05. The summed E-state index contributed by atoms with van der Waals surface area (Å²) in [5.74, 6) is 1.03. The Morgan fingerprint density at radius 1 is 1.00 bits per heavy atom. The number of allylic oxidation sites excluding steroid dienone is 1. The lowest BCUT2D eigenvalue weighted by Gasteiger charge is -2.19. The van der Waals surface area contributed by atoms with Crippen LogP contribution in [-0.4, -0.2) is 6.61 Å². The van der Waals surface area contributed by atoms with Gasteiger partial charge in [-0.05, 0) is 48.3 Å². The van der Waals surface area contributed by atoms with Crippen LogP contribution in [-0.2, 0) is 12.8 Å². The monoisotopic (exact) mass is 344 g/mol. The quantitative estimate of drug-likeness (QED) is 0.265. The molecule has 0 saturated carbocycles. The van der Waals surface area contributed by atoms with E-state index in [2.05, 4.69) is 52.5 Å². The van der Waals surface area contributed by atoms with Crippen LogP contribution in [0.25, 0.3) is 0 Å². The van der Waals surface area contributed by atoms with Gasteiger partial charge in [-0.25, -0.2) is 0 Å². The van der Waals surface area contributed by atoms with Gasteiger partial charge in [-0.1, -0.05) is 84.4 Å². The largest absolute Gasteiger partial charge is 0.493 e. The van der Waals surface area contributed by atoms with Crippen molar-refractivity contribution in [1.29, 1.82) is 0 Å². The fraction of sp³-hybridized carbons (Fsp3) is 0.667. The fourth-order valence-electron chi connectivity index (χ4n) is 3.00. The molecule has 0 aromatic heterocycles. The van der Waals surface area contributed by atoms with Crippen LogP contribution < -0.4 is 4.74 Å². The maximum Gasteiger partial charge on any atom is 0.122 e. The Kier molecular flexibility index (Phi) is 10.6. The third-order valence-electron chi connectivity index (χ3n) is 4.67. The molecule has 1 nitrogen and oxygen atoms in total. The maximum atomic E-state index is 6.05. The number of hydrogen-bond acceptors (Lipinski definition) is 1. The van der Waals surface area contributed by atoms with E-state index in [1.165, 1.54) is 62.5 Å². The van der Waals surface area contributed by atoms with Crippen molar-refractivity contribution in [3.05, 3.63) is 42.0 Å². The van der Waals surface area contributed by atoms with Crippen molar-refractivity contribution in [3.63, 3.8) is 0 Å². The molecule has 0 aliphatic heterocycles. The number of hydrogen-bond donors (Lipinski definition) is 0. The first-order valence-electron chi connectivity index (χ1n) is 10.3. The summed E-state index contributed by atoms with van der Waals surface area (Å²) in [6.45, 7) is 13.7. The van der Waals surface area contributed by atoms with Gasteiger partial charge in [0, 0.05) is 0 Å². The van der Waals surface area contributed by atoms with E-state index in [-0.39, 0.29) is 0 Å². The first-order chi connectivity index (χ1) is 12.0. The molecule has 0 unspecified atom stereocenters. The highest BCUT2D eigenvalue weighted by Gasteiger charge is 2.11. The molecular formula is C24H40O. The van der Waals surface area contributed by atoms with Gasteiger partial charge in [0.05, 0.1) is 6.61 Å². The van der Waals surface area contributed by atoms with Gasteiger partial charge < -0.3 is 4.74 Å². The Morgan fingerprint density at radius 3 is 2.32 bits per heavy atom. The predicted molar refractivity (Wildman–Crippen MR) is 112 cm³/mol. The van der Waals surface area contributed by atoms with E-state index in [1.807, 2.05) is 6.08 Å². The summed E-state index contributed by atoms with van der Waals surface area (Å²) in [7, 11) is 0. The van der Waals surface area contributed by atoms with Crippen molar-refractivity contribution < 1.29 is 4.74 Å². The Hall–Kier alpha value is -1.24. The summed E-state index contributed by atoms with van der Waals surface area (Å²) >= 11 is 0. The predicted octanol–water partition coefficient (Wildman–Crippen LogP) is 7.52. The summed E-state index contributed by atoms with van der Waals surface area (Å²) in [6.07, 6.45) is 14.7. The van der Waals surface area contributed by atoms with Gasteiger partial charge in [0.15, 0.2) is 0 Å². The minimum absolute atomic E-state index is 0.315. The minimum atomic E-state index is 0.315. The van der Waals surface area contributed by atoms with Gasteiger partial charge in [0.1, 0.15) is 5.75 Å². The summed E-state index contributed by atoms with van der Waals surface area (Å²) in [6, 6.07) is 6.74. The van der Waals surface area contributed by atoms with Gasteiger partial charge in [0.25, 0.3) is 0 Å². The smallest absolute Gasteiger partial charge is 0.122 e. The van der Waals surface area contributed by atoms with E-state index in [0.717, 1.165) is 25.2 Å². The van der Waals surface area contributed by atoms with E-state index < -0.39 is 0 Å². The molecule has 0 amide bonds. The average molecular weight is 345 g/mol. The lowest BCUT2D eigenvalue weighted by Crippen LogP contribution is -2.11. The zero-order valence-corrected chi connectivity index (χ0v) is 17.2. The Labute approximate surface area is 156 Å². The van der Waals surface area contributed by atoms with Crippen LogP contribution in [0.15, 0.2) is 30.9 Å². The summed E-state index contributed by atoms with van der Waals surface area (Å²) in [5.41, 5.74) is 3.04. The molecular weight excluding hydrogens is 304 g/mol. The maximum absolute atomic E-state index is 6.05. The van der Waals surface area contributed by atoms with Crippen LogP contribution in [0.1, 0.15) is 90.2 Å². The van der Waals surface area contributed by atoms with Gasteiger partial charge in [-0.2, -0.15) is 0 Å². The Bertz CT molecular complexity index is 481. The van der Waals surface area contributed by atoms with Gasteiger partial charge >= 0.3 is 0 Å². The van der Waals surface area contributed by atoms with Crippen LogP contribution in [0.5, 0.6) is 5.75 Å². The van der Waals surface area contributed by atoms with Crippen LogP contribution in [0.4, 0.5) is 0 Å². The lowest BCUT2D eigenvalue weighted by atomic mass is 9.93. The minimum Gasteiger partial charge on any atom is -0.493 e. The molecule has 0 spiro atoms. The van der Waals surface area contributed by atoms with Crippen molar-refractivity contribution in [2.45, 2.75) is 91.9 Å². The average Bonchev–Trinajstić information content (AvgIpc) is 2.55. The third-order valence-corrected chi connectivity index (χ3v) is 4.67. The Balaban J connectivity index is 2.45. The molecule has 1 aromatic rings. The van der Waals surface area contributed by atoms with E-state index in [1.54, 1.807) is 0 Å². The molecule has 25 heavy (non-hydrogen) atoms. The van der Waals surface area contributed by atoms with Gasteiger partial charge in [-0.3, -0.25) is 0 Å². The standard InChI is InChI=1S/C24H40O/c1-6-8-9-10-11-12-13-15-21-16-17-23(22(20-21)14-7-2)25-19-18-24(3,4)5/h7,16-17,20H,2,6,8-15,18-19H2,1,3-5H3. The molecule has 0 aliphatic carbocycles. The molecule has 0 saturated heterocycles. The molecule has 0 bridgehead atoms. The van der Waals surface area contributed by atoms with E-state index in [4.69, 9.17) is 4.74 Å². The molecule has 1 aromatic carbocycles. The summed E-state index contributed by atoms with van der Waals surface area (Å²) in [5, 5.41) is 0. The van der Waals surface area contributed by atoms with Crippen molar-refractivity contribution in [1.82, 2.24) is 0 Å². The highest BCUT2D eigenvalue weighted by Crippen LogP contribution is 2.25. The third kappa shape index (κ3) is 10.4. The molecule has 1 rings (SSSR count). The second-order valence-electron chi connectivity index (χ2n) is 8.47. The molecule has 0 radical (unpaired) electrons. The number of rotatable bonds is 13. The number of aryl methyl sites for hydroxylation is 1. The second kappa shape index (κ2) is 12.2. The molecule has 0 atom stereocenters. The molecule has 0 N–H and O–H groups in total. The van der Waals surface area contributed by atoms with Crippen molar-refractivity contribution >= 4 is 0 Å². The van der Waals surface area contributed by atoms with Crippen LogP contribution >= 0.6 is 0 Å². The number of unbranched alkanes of at least 4 members (excludes halogenated alkanes) is 6. The first-order valence-corrected chi connectivity index (χ1v) is 10.3. The van der Waals surface area contributed by atoms with Crippen LogP contribution in [0.3, 0.4) is 0 Å². The summed E-state index contributed by atoms with van der Waals surface area (Å²) in [4.78, 5) is 0. The molecule has 1 heteroatoms. The van der Waals surface area contributed by atoms with Crippen molar-refractivity contribution in [2.24, 2.45) is 5.41 Å². The highest BCUT2D eigenvalue weighted by atomic mass is 16.5. The molecule has 0 heterocycles. The van der Waals surface area contributed by atoms with Gasteiger partial charge in [-0.15, -0.1) is 6.58 Å². The zero-order valence-electron chi connectivity index (χ0n) is 17.2. The second-order valence-corrected chi connectivity index (χ2v) is 8.47. The molecule has 0 fully saturated rings. The normalized spacial score (nSPS) is 11.5. The topological polar surface area (TPSA) is 9.23 Å². The van der Waals surface area contributed by atoms with Crippen molar-refractivity contribution in [2.75, 3.05) is 6.61 Å². The van der Waals surface area contributed by atoms with Crippen molar-refractivity contribution in [3.8, 4) is 5.75 Å². The van der Waals surface area contributed by atoms with E-state index >= 15 is 0 Å². The van der Waals surface area contributed by atoms with Crippen LogP contribution in [0, 0.1) is 5.41 Å². The van der Waals surface area contributed by atoms with Gasteiger partial charge in [0.2, 0.25) is 0 Å². The zero-order chi connectivity index (χ0) is 18.5. The number of ether oxygens (including phenoxy) is 1. The highest BCUT2D eigenvalue weighted by molar-refractivity contribution is 5.38. The number of benzene rings is 1. The fourth-order valence-corrected chi connectivity index (χ4v) is 3.00. The lowest BCUT2D eigenvalue weighted by molar-refractivity contribution is 0.241. The van der Waals surface area contributed by atoms with E-state index in [0.29, 0.717) is 5.41 Å². The molecule has 142 valence electrons. The van der Waals surface area contributed by atoms with E-state index in [9.17, 15) is 0 Å². The first kappa shape index (κ1) is 21.8. The Morgan fingerprint density at radius 2 is 1.68 bits per heavy atom.